The number of benzene rings is 2. The lowest BCUT2D eigenvalue weighted by atomic mass is 10.0. The minimum atomic E-state index is 1.01. The Bertz CT molecular complexity index is 908. The molecule has 0 amide bonds. The molecule has 0 atom stereocenters. The van der Waals surface area contributed by atoms with Crippen molar-refractivity contribution in [3.05, 3.63) is 73.1 Å². The van der Waals surface area contributed by atoms with Crippen LogP contribution in [-0.4, -0.2) is 9.97 Å². The van der Waals surface area contributed by atoms with Crippen molar-refractivity contribution in [2.45, 2.75) is 0 Å². The van der Waals surface area contributed by atoms with Gasteiger partial charge in [0.05, 0.1) is 11.0 Å². The Labute approximate surface area is 116 Å². The summed E-state index contributed by atoms with van der Waals surface area (Å²) in [6.45, 7) is 0. The predicted octanol–water partition coefficient (Wildman–Crippen LogP) is 4.45. The second-order valence-corrected chi connectivity index (χ2v) is 4.79. The van der Waals surface area contributed by atoms with Crippen molar-refractivity contribution in [1.29, 1.82) is 0 Å². The third-order valence-corrected chi connectivity index (χ3v) is 3.55. The zero-order valence-corrected chi connectivity index (χ0v) is 10.8. The lowest BCUT2D eigenvalue weighted by molar-refractivity contribution is 1.39. The van der Waals surface area contributed by atoms with E-state index in [1.54, 1.807) is 0 Å². The minimum Gasteiger partial charge on any atom is -0.256 e. The summed E-state index contributed by atoms with van der Waals surface area (Å²) in [6, 6.07) is 20.6. The van der Waals surface area contributed by atoms with Crippen LogP contribution in [0.25, 0.3) is 32.9 Å². The highest BCUT2D eigenvalue weighted by atomic mass is 14.7. The van der Waals surface area contributed by atoms with Crippen molar-refractivity contribution in [3.8, 4) is 11.1 Å². The Hall–Kier alpha value is -2.74. The third-order valence-electron chi connectivity index (χ3n) is 3.55. The molecule has 2 aromatic heterocycles. The summed E-state index contributed by atoms with van der Waals surface area (Å²) >= 11 is 0. The molecular formula is C18H12N2. The summed E-state index contributed by atoms with van der Waals surface area (Å²) in [5.41, 5.74) is 4.34. The number of para-hydroxylation sites is 2. The molecule has 2 heteroatoms. The van der Waals surface area contributed by atoms with Crippen LogP contribution in [-0.2, 0) is 0 Å². The highest BCUT2D eigenvalue weighted by Crippen LogP contribution is 2.28. The fraction of sp³-hybridized carbons (Fsp3) is 0. The lowest BCUT2D eigenvalue weighted by Crippen LogP contribution is -1.86. The molecule has 0 N–H and O–H groups in total. The van der Waals surface area contributed by atoms with Crippen LogP contribution in [0.2, 0.25) is 0 Å². The average Bonchev–Trinajstić information content (AvgIpc) is 2.54. The van der Waals surface area contributed by atoms with E-state index in [1.165, 1.54) is 5.56 Å². The molecule has 94 valence electrons. The summed E-state index contributed by atoms with van der Waals surface area (Å²) in [7, 11) is 0. The van der Waals surface area contributed by atoms with Crippen molar-refractivity contribution in [2.24, 2.45) is 0 Å². The van der Waals surface area contributed by atoms with Gasteiger partial charge in [0, 0.05) is 28.7 Å². The molecule has 0 bridgehead atoms. The van der Waals surface area contributed by atoms with Gasteiger partial charge in [0.15, 0.2) is 0 Å². The SMILES string of the molecule is c1ccc2ncc(-c3ccnc4ccccc34)cc2c1. The summed E-state index contributed by atoms with van der Waals surface area (Å²) in [6.07, 6.45) is 3.79. The van der Waals surface area contributed by atoms with E-state index in [2.05, 4.69) is 28.2 Å². The standard InChI is InChI=1S/C18H12N2/c1-3-7-17-13(5-1)11-14(12-20-17)15-9-10-19-18-8-4-2-6-16(15)18/h1-12H. The molecule has 4 aromatic rings. The second kappa shape index (κ2) is 4.42. The van der Waals surface area contributed by atoms with Crippen molar-refractivity contribution in [3.63, 3.8) is 0 Å². The second-order valence-electron chi connectivity index (χ2n) is 4.79. The van der Waals surface area contributed by atoms with Gasteiger partial charge in [-0.15, -0.1) is 0 Å². The summed E-state index contributed by atoms with van der Waals surface area (Å²) < 4.78 is 0. The Morgan fingerprint density at radius 1 is 0.700 bits per heavy atom. The number of hydrogen-bond donors (Lipinski definition) is 0. The quantitative estimate of drug-likeness (QED) is 0.503. The van der Waals surface area contributed by atoms with E-state index in [4.69, 9.17) is 0 Å². The smallest absolute Gasteiger partial charge is 0.0708 e. The van der Waals surface area contributed by atoms with E-state index < -0.39 is 0 Å². The van der Waals surface area contributed by atoms with E-state index in [9.17, 15) is 0 Å². The maximum absolute atomic E-state index is 4.54. The van der Waals surface area contributed by atoms with Gasteiger partial charge in [-0.05, 0) is 29.8 Å². The van der Waals surface area contributed by atoms with Crippen LogP contribution in [0.15, 0.2) is 73.1 Å². The molecule has 2 nitrogen and oxygen atoms in total. The Morgan fingerprint density at radius 3 is 2.45 bits per heavy atom. The van der Waals surface area contributed by atoms with Gasteiger partial charge in [-0.25, -0.2) is 0 Å². The normalized spacial score (nSPS) is 11.0. The predicted molar refractivity (Wildman–Crippen MR) is 82.5 cm³/mol. The Balaban J connectivity index is 2.01. The maximum Gasteiger partial charge on any atom is 0.0708 e. The molecule has 0 unspecified atom stereocenters. The van der Waals surface area contributed by atoms with E-state index >= 15 is 0 Å². The van der Waals surface area contributed by atoms with Gasteiger partial charge in [0.2, 0.25) is 0 Å². The zero-order valence-electron chi connectivity index (χ0n) is 10.8. The summed E-state index contributed by atoms with van der Waals surface area (Å²) in [5, 5.41) is 2.32. The average molecular weight is 256 g/mol. The molecular weight excluding hydrogens is 244 g/mol. The lowest BCUT2D eigenvalue weighted by Gasteiger charge is -2.07. The van der Waals surface area contributed by atoms with E-state index in [-0.39, 0.29) is 0 Å². The topological polar surface area (TPSA) is 25.8 Å². The molecule has 0 fully saturated rings. The first-order valence-electron chi connectivity index (χ1n) is 6.61. The van der Waals surface area contributed by atoms with Crippen LogP contribution in [0, 0.1) is 0 Å². The highest BCUT2D eigenvalue weighted by Gasteiger charge is 2.05. The fourth-order valence-electron chi connectivity index (χ4n) is 2.57. The molecule has 0 saturated carbocycles. The maximum atomic E-state index is 4.54. The number of hydrogen-bond acceptors (Lipinski definition) is 2. The van der Waals surface area contributed by atoms with Gasteiger partial charge in [-0.2, -0.15) is 0 Å². The minimum absolute atomic E-state index is 1.01. The van der Waals surface area contributed by atoms with Gasteiger partial charge in [0.25, 0.3) is 0 Å². The molecule has 20 heavy (non-hydrogen) atoms. The Morgan fingerprint density at radius 2 is 1.50 bits per heavy atom. The molecule has 2 heterocycles. The zero-order chi connectivity index (χ0) is 13.4. The van der Waals surface area contributed by atoms with Gasteiger partial charge >= 0.3 is 0 Å². The Kier molecular flexibility index (Phi) is 2.46. The highest BCUT2D eigenvalue weighted by molar-refractivity contribution is 5.96. The monoisotopic (exact) mass is 256 g/mol. The van der Waals surface area contributed by atoms with Gasteiger partial charge in [0.1, 0.15) is 0 Å². The van der Waals surface area contributed by atoms with Crippen LogP contribution in [0.5, 0.6) is 0 Å². The molecule has 0 spiro atoms. The molecule has 0 saturated heterocycles. The molecule has 0 aliphatic heterocycles. The number of pyridine rings is 2. The largest absolute Gasteiger partial charge is 0.256 e. The number of aromatic nitrogens is 2. The molecule has 0 aliphatic carbocycles. The molecule has 4 rings (SSSR count). The summed E-state index contributed by atoms with van der Waals surface area (Å²) in [5.74, 6) is 0. The van der Waals surface area contributed by atoms with Crippen molar-refractivity contribution < 1.29 is 0 Å². The van der Waals surface area contributed by atoms with Crippen molar-refractivity contribution in [1.82, 2.24) is 9.97 Å². The van der Waals surface area contributed by atoms with E-state index in [0.29, 0.717) is 0 Å². The molecule has 0 radical (unpaired) electrons. The number of fused-ring (bicyclic) bond motifs is 2. The first-order valence-corrected chi connectivity index (χ1v) is 6.61. The first kappa shape index (κ1) is 11.1. The van der Waals surface area contributed by atoms with E-state index in [1.807, 2.05) is 54.9 Å². The fourth-order valence-corrected chi connectivity index (χ4v) is 2.57. The first-order chi connectivity index (χ1) is 9.92. The van der Waals surface area contributed by atoms with Crippen LogP contribution in [0.4, 0.5) is 0 Å². The van der Waals surface area contributed by atoms with Crippen LogP contribution >= 0.6 is 0 Å². The van der Waals surface area contributed by atoms with Gasteiger partial charge in [-0.3, -0.25) is 9.97 Å². The molecule has 2 aromatic carbocycles. The summed E-state index contributed by atoms with van der Waals surface area (Å²) in [4.78, 5) is 8.95. The number of rotatable bonds is 1. The third kappa shape index (κ3) is 1.74. The van der Waals surface area contributed by atoms with Gasteiger partial charge in [-0.1, -0.05) is 36.4 Å². The van der Waals surface area contributed by atoms with Crippen LogP contribution < -0.4 is 0 Å². The van der Waals surface area contributed by atoms with E-state index in [0.717, 1.165) is 27.4 Å². The van der Waals surface area contributed by atoms with Gasteiger partial charge < -0.3 is 0 Å². The van der Waals surface area contributed by atoms with Crippen molar-refractivity contribution >= 4 is 21.8 Å². The number of nitrogens with zero attached hydrogens (tertiary/aromatic N) is 2. The van der Waals surface area contributed by atoms with Crippen LogP contribution in [0.1, 0.15) is 0 Å². The van der Waals surface area contributed by atoms with Crippen molar-refractivity contribution in [2.75, 3.05) is 0 Å². The molecule has 0 aliphatic rings. The van der Waals surface area contributed by atoms with Crippen LogP contribution in [0.3, 0.4) is 0 Å².